The predicted octanol–water partition coefficient (Wildman–Crippen LogP) is 2.70. The number of hydrogen-bond donors (Lipinski definition) is 1. The molecule has 0 bridgehead atoms. The van der Waals surface area contributed by atoms with Crippen molar-refractivity contribution in [1.82, 2.24) is 4.90 Å². The molecule has 0 aliphatic carbocycles. The molecule has 0 unspecified atom stereocenters. The molecule has 0 radical (unpaired) electrons. The van der Waals surface area contributed by atoms with Gasteiger partial charge in [0.05, 0.1) is 4.99 Å². The topological polar surface area (TPSA) is 38.5 Å². The van der Waals surface area contributed by atoms with E-state index < -0.39 is 0 Å². The zero-order valence-corrected chi connectivity index (χ0v) is 12.7. The first kappa shape index (κ1) is 15.9. The van der Waals surface area contributed by atoms with Gasteiger partial charge in [-0.15, -0.1) is 0 Å². The highest BCUT2D eigenvalue weighted by Gasteiger charge is 2.08. The number of para-hydroxylation sites is 1. The second kappa shape index (κ2) is 8.88. The molecular weight excluding hydrogens is 256 g/mol. The van der Waals surface area contributed by atoms with Crippen LogP contribution in [0.2, 0.25) is 0 Å². The third-order valence-electron chi connectivity index (χ3n) is 2.72. The lowest BCUT2D eigenvalue weighted by atomic mass is 10.2. The number of nitrogens with zero attached hydrogens (tertiary/aromatic N) is 1. The minimum atomic E-state index is 0.581. The van der Waals surface area contributed by atoms with Gasteiger partial charge in [-0.1, -0.05) is 44.3 Å². The Morgan fingerprint density at radius 2 is 1.95 bits per heavy atom. The lowest BCUT2D eigenvalue weighted by Gasteiger charge is -2.24. The van der Waals surface area contributed by atoms with Gasteiger partial charge in [0, 0.05) is 26.1 Å². The van der Waals surface area contributed by atoms with Gasteiger partial charge in [0.1, 0.15) is 12.4 Å². The predicted molar refractivity (Wildman–Crippen MR) is 84.6 cm³/mol. The molecule has 0 fully saturated rings. The molecule has 1 aromatic rings. The van der Waals surface area contributed by atoms with Gasteiger partial charge in [-0.2, -0.15) is 0 Å². The van der Waals surface area contributed by atoms with Gasteiger partial charge in [0.15, 0.2) is 0 Å². The summed E-state index contributed by atoms with van der Waals surface area (Å²) in [5, 5.41) is 0. The molecule has 0 aromatic heterocycles. The zero-order valence-electron chi connectivity index (χ0n) is 11.8. The first-order chi connectivity index (χ1) is 9.08. The second-order valence-corrected chi connectivity index (χ2v) is 5.60. The quantitative estimate of drug-likeness (QED) is 0.706. The van der Waals surface area contributed by atoms with Crippen molar-refractivity contribution < 1.29 is 4.74 Å². The molecule has 1 rings (SSSR count). The van der Waals surface area contributed by atoms with Crippen LogP contribution in [0.25, 0.3) is 0 Å². The van der Waals surface area contributed by atoms with Crippen LogP contribution in [0.5, 0.6) is 5.75 Å². The lowest BCUT2D eigenvalue weighted by molar-refractivity contribution is 0.196. The average Bonchev–Trinajstić information content (AvgIpc) is 2.36. The Morgan fingerprint density at radius 1 is 1.26 bits per heavy atom. The molecule has 106 valence electrons. The number of thiocarbonyl (C=S) groups is 1. The smallest absolute Gasteiger partial charge is 0.119 e. The minimum Gasteiger partial charge on any atom is -0.492 e. The number of nitrogens with two attached hydrogens (primary N) is 1. The van der Waals surface area contributed by atoms with Crippen LogP contribution in [0.1, 0.15) is 20.3 Å². The van der Waals surface area contributed by atoms with Crippen LogP contribution < -0.4 is 10.5 Å². The molecule has 0 aliphatic heterocycles. The van der Waals surface area contributed by atoms with Crippen LogP contribution in [-0.2, 0) is 0 Å². The zero-order chi connectivity index (χ0) is 14.1. The maximum absolute atomic E-state index is 5.72. The average molecular weight is 280 g/mol. The number of ether oxygens (including phenoxy) is 1. The molecule has 0 heterocycles. The fourth-order valence-corrected chi connectivity index (χ4v) is 1.98. The van der Waals surface area contributed by atoms with Crippen molar-refractivity contribution in [3.05, 3.63) is 30.3 Å². The Hall–Kier alpha value is -1.13. The third-order valence-corrected chi connectivity index (χ3v) is 2.92. The number of rotatable bonds is 9. The molecule has 1 aromatic carbocycles. The van der Waals surface area contributed by atoms with Crippen molar-refractivity contribution in [2.75, 3.05) is 26.2 Å². The van der Waals surface area contributed by atoms with E-state index in [1.54, 1.807) is 0 Å². The summed E-state index contributed by atoms with van der Waals surface area (Å²) in [6.45, 7) is 7.97. The maximum Gasteiger partial charge on any atom is 0.119 e. The number of hydrogen-bond acceptors (Lipinski definition) is 3. The highest BCUT2D eigenvalue weighted by atomic mass is 32.1. The summed E-state index contributed by atoms with van der Waals surface area (Å²) in [6, 6.07) is 9.89. The lowest BCUT2D eigenvalue weighted by Crippen LogP contribution is -2.34. The molecule has 0 amide bonds. The third kappa shape index (κ3) is 7.80. The van der Waals surface area contributed by atoms with E-state index in [0.29, 0.717) is 17.5 Å². The molecule has 19 heavy (non-hydrogen) atoms. The molecule has 2 N–H and O–H groups in total. The summed E-state index contributed by atoms with van der Waals surface area (Å²) in [6.07, 6.45) is 0.771. The maximum atomic E-state index is 5.72. The van der Waals surface area contributed by atoms with E-state index in [1.807, 2.05) is 30.3 Å². The van der Waals surface area contributed by atoms with E-state index in [2.05, 4.69) is 18.7 Å². The summed E-state index contributed by atoms with van der Waals surface area (Å²) in [4.78, 5) is 2.94. The SMILES string of the molecule is CC(C)CN(CCOc1ccccc1)CCC(N)=S. The van der Waals surface area contributed by atoms with Gasteiger partial charge >= 0.3 is 0 Å². The van der Waals surface area contributed by atoms with Crippen molar-refractivity contribution in [3.8, 4) is 5.75 Å². The Bertz CT molecular complexity index is 368. The second-order valence-electron chi connectivity index (χ2n) is 5.07. The van der Waals surface area contributed by atoms with Crippen molar-refractivity contribution in [2.45, 2.75) is 20.3 Å². The highest BCUT2D eigenvalue weighted by Crippen LogP contribution is 2.08. The molecule has 0 saturated heterocycles. The monoisotopic (exact) mass is 280 g/mol. The van der Waals surface area contributed by atoms with Crippen LogP contribution in [-0.4, -0.2) is 36.1 Å². The van der Waals surface area contributed by atoms with Gasteiger partial charge < -0.3 is 10.5 Å². The Balaban J connectivity index is 2.33. The molecule has 0 spiro atoms. The fourth-order valence-electron chi connectivity index (χ4n) is 1.89. The highest BCUT2D eigenvalue weighted by molar-refractivity contribution is 7.80. The molecule has 0 aliphatic rings. The van der Waals surface area contributed by atoms with Crippen LogP contribution >= 0.6 is 12.2 Å². The van der Waals surface area contributed by atoms with E-state index in [9.17, 15) is 0 Å². The summed E-state index contributed by atoms with van der Waals surface area (Å²) in [5.41, 5.74) is 5.56. The fraction of sp³-hybridized carbons (Fsp3) is 0.533. The van der Waals surface area contributed by atoms with Gasteiger partial charge in [0.25, 0.3) is 0 Å². The summed E-state index contributed by atoms with van der Waals surface area (Å²) in [5.74, 6) is 1.55. The molecule has 4 heteroatoms. The van der Waals surface area contributed by atoms with Crippen molar-refractivity contribution in [2.24, 2.45) is 11.7 Å². The van der Waals surface area contributed by atoms with Gasteiger partial charge in [-0.3, -0.25) is 4.90 Å². The molecule has 0 atom stereocenters. The number of benzene rings is 1. The van der Waals surface area contributed by atoms with Crippen LogP contribution in [0.3, 0.4) is 0 Å². The molecule has 0 saturated carbocycles. The first-order valence-electron chi connectivity index (χ1n) is 6.76. The van der Waals surface area contributed by atoms with Crippen molar-refractivity contribution >= 4 is 17.2 Å². The van der Waals surface area contributed by atoms with E-state index >= 15 is 0 Å². The van der Waals surface area contributed by atoms with Crippen LogP contribution in [0.4, 0.5) is 0 Å². The standard InChI is InChI=1S/C15H24N2OS/c1-13(2)12-17(9-8-15(16)19)10-11-18-14-6-4-3-5-7-14/h3-7,13H,8-12H2,1-2H3,(H2,16,19). The van der Waals surface area contributed by atoms with E-state index in [0.717, 1.165) is 31.8 Å². The first-order valence-corrected chi connectivity index (χ1v) is 7.17. The molecule has 3 nitrogen and oxygen atoms in total. The van der Waals surface area contributed by atoms with E-state index in [1.165, 1.54) is 0 Å². The molecular formula is C15H24N2OS. The van der Waals surface area contributed by atoms with Crippen LogP contribution in [0.15, 0.2) is 30.3 Å². The summed E-state index contributed by atoms with van der Waals surface area (Å²) < 4.78 is 5.72. The minimum absolute atomic E-state index is 0.581. The van der Waals surface area contributed by atoms with Gasteiger partial charge in [-0.05, 0) is 18.1 Å². The normalized spacial score (nSPS) is 10.9. The van der Waals surface area contributed by atoms with E-state index in [-0.39, 0.29) is 0 Å². The Labute approximate surface area is 121 Å². The summed E-state index contributed by atoms with van der Waals surface area (Å²) in [7, 11) is 0. The van der Waals surface area contributed by atoms with Gasteiger partial charge in [-0.25, -0.2) is 0 Å². The van der Waals surface area contributed by atoms with Crippen molar-refractivity contribution in [3.63, 3.8) is 0 Å². The van der Waals surface area contributed by atoms with E-state index in [4.69, 9.17) is 22.7 Å². The Kier molecular flexibility index (Phi) is 7.45. The Morgan fingerprint density at radius 3 is 2.53 bits per heavy atom. The summed E-state index contributed by atoms with van der Waals surface area (Å²) >= 11 is 4.94. The largest absolute Gasteiger partial charge is 0.492 e. The van der Waals surface area contributed by atoms with Crippen molar-refractivity contribution in [1.29, 1.82) is 0 Å². The van der Waals surface area contributed by atoms with Crippen LogP contribution in [0, 0.1) is 5.92 Å². The van der Waals surface area contributed by atoms with Gasteiger partial charge in [0.2, 0.25) is 0 Å².